The maximum absolute atomic E-state index is 6.14. The van der Waals surface area contributed by atoms with Crippen molar-refractivity contribution in [3.63, 3.8) is 0 Å². The van der Waals surface area contributed by atoms with Crippen LogP contribution in [0.2, 0.25) is 10.0 Å². The van der Waals surface area contributed by atoms with E-state index in [0.29, 0.717) is 10.0 Å². The van der Waals surface area contributed by atoms with E-state index in [1.54, 1.807) is 17.4 Å². The highest BCUT2D eigenvalue weighted by Crippen LogP contribution is 2.32. The van der Waals surface area contributed by atoms with Crippen LogP contribution in [0.5, 0.6) is 0 Å². The minimum absolute atomic E-state index is 0.524. The first-order valence-corrected chi connectivity index (χ1v) is 8.20. The molecule has 6 heteroatoms. The van der Waals surface area contributed by atoms with Crippen LogP contribution < -0.4 is 10.6 Å². The van der Waals surface area contributed by atoms with E-state index in [-0.39, 0.29) is 0 Å². The van der Waals surface area contributed by atoms with Gasteiger partial charge in [-0.05, 0) is 25.1 Å². The molecular weight excluding hydrogens is 313 g/mol. The summed E-state index contributed by atoms with van der Waals surface area (Å²) in [5, 5.41) is 10.5. The minimum Gasteiger partial charge on any atom is -0.330 e. The smallest absolute Gasteiger partial charge is 0.187 e. The molecule has 0 spiro atoms. The van der Waals surface area contributed by atoms with Crippen molar-refractivity contribution in [1.29, 1.82) is 0 Å². The molecule has 1 aromatic heterocycles. The Morgan fingerprint density at radius 3 is 2.90 bits per heavy atom. The molecule has 2 N–H and O–H groups in total. The molecule has 0 unspecified atom stereocenters. The van der Waals surface area contributed by atoms with Crippen LogP contribution in [-0.2, 0) is 6.42 Å². The number of thiazole rings is 1. The van der Waals surface area contributed by atoms with Crippen LogP contribution in [-0.4, -0.2) is 18.1 Å². The van der Waals surface area contributed by atoms with E-state index in [1.165, 1.54) is 0 Å². The third kappa shape index (κ3) is 4.35. The number of rotatable bonds is 7. The summed E-state index contributed by atoms with van der Waals surface area (Å²) < 4.78 is 0. The van der Waals surface area contributed by atoms with Gasteiger partial charge in [0, 0.05) is 18.3 Å². The molecule has 2 rings (SSSR count). The third-order valence-corrected chi connectivity index (χ3v) is 4.36. The van der Waals surface area contributed by atoms with Crippen LogP contribution in [0.15, 0.2) is 23.6 Å². The van der Waals surface area contributed by atoms with Crippen molar-refractivity contribution < 1.29 is 0 Å². The molecule has 1 aromatic carbocycles. The first kappa shape index (κ1) is 15.6. The molecule has 20 heavy (non-hydrogen) atoms. The van der Waals surface area contributed by atoms with Crippen molar-refractivity contribution in [1.82, 2.24) is 10.3 Å². The van der Waals surface area contributed by atoms with Gasteiger partial charge in [-0.1, -0.05) is 36.2 Å². The van der Waals surface area contributed by atoms with Crippen molar-refractivity contribution in [3.8, 4) is 0 Å². The van der Waals surface area contributed by atoms with E-state index in [4.69, 9.17) is 23.2 Å². The fraction of sp³-hybridized carbons (Fsp3) is 0.357. The highest BCUT2D eigenvalue weighted by Gasteiger charge is 2.07. The number of anilines is 2. The average Bonchev–Trinajstić information content (AvgIpc) is 2.88. The number of nitrogens with zero attached hydrogens (tertiary/aromatic N) is 1. The maximum Gasteiger partial charge on any atom is 0.187 e. The molecule has 0 amide bonds. The molecule has 0 saturated carbocycles. The van der Waals surface area contributed by atoms with Crippen LogP contribution in [0.3, 0.4) is 0 Å². The molecule has 0 saturated heterocycles. The van der Waals surface area contributed by atoms with Gasteiger partial charge in [-0.2, -0.15) is 0 Å². The van der Waals surface area contributed by atoms with Crippen molar-refractivity contribution in [2.75, 3.05) is 18.4 Å². The van der Waals surface area contributed by atoms with E-state index in [9.17, 15) is 0 Å². The predicted molar refractivity (Wildman–Crippen MR) is 88.7 cm³/mol. The van der Waals surface area contributed by atoms with Gasteiger partial charge in [-0.25, -0.2) is 4.98 Å². The van der Waals surface area contributed by atoms with E-state index in [0.717, 1.165) is 42.4 Å². The van der Waals surface area contributed by atoms with Gasteiger partial charge in [0.05, 0.1) is 21.4 Å². The molecule has 0 bridgehead atoms. The second-order valence-corrected chi connectivity index (χ2v) is 6.01. The fourth-order valence-corrected chi connectivity index (χ4v) is 2.82. The van der Waals surface area contributed by atoms with Gasteiger partial charge < -0.3 is 10.6 Å². The average molecular weight is 330 g/mol. The lowest BCUT2D eigenvalue weighted by Crippen LogP contribution is -2.17. The highest BCUT2D eigenvalue weighted by atomic mass is 35.5. The highest BCUT2D eigenvalue weighted by molar-refractivity contribution is 7.13. The maximum atomic E-state index is 6.14. The number of halogens is 2. The molecule has 2 aromatic rings. The topological polar surface area (TPSA) is 37.0 Å². The number of hydrogen-bond donors (Lipinski definition) is 2. The zero-order chi connectivity index (χ0) is 14.4. The Balaban J connectivity index is 1.94. The summed E-state index contributed by atoms with van der Waals surface area (Å²) in [6.07, 6.45) is 2.08. The third-order valence-electron chi connectivity index (χ3n) is 2.73. The van der Waals surface area contributed by atoms with E-state index < -0.39 is 0 Å². The van der Waals surface area contributed by atoms with Crippen LogP contribution in [0.25, 0.3) is 0 Å². The zero-order valence-corrected chi connectivity index (χ0v) is 13.6. The van der Waals surface area contributed by atoms with Crippen molar-refractivity contribution >= 4 is 45.4 Å². The molecule has 0 radical (unpaired) electrons. The summed E-state index contributed by atoms with van der Waals surface area (Å²) in [6, 6.07) is 5.51. The Kier molecular flexibility index (Phi) is 6.10. The number of nitrogens with one attached hydrogen (secondary N) is 2. The Bertz CT molecular complexity index is 557. The lowest BCUT2D eigenvalue weighted by Gasteiger charge is -2.06. The largest absolute Gasteiger partial charge is 0.330 e. The van der Waals surface area contributed by atoms with Crippen LogP contribution >= 0.6 is 34.5 Å². The van der Waals surface area contributed by atoms with Gasteiger partial charge >= 0.3 is 0 Å². The monoisotopic (exact) mass is 329 g/mol. The van der Waals surface area contributed by atoms with Gasteiger partial charge in [0.25, 0.3) is 0 Å². The van der Waals surface area contributed by atoms with Crippen molar-refractivity contribution in [2.45, 2.75) is 19.8 Å². The summed E-state index contributed by atoms with van der Waals surface area (Å²) in [5.41, 5.74) is 1.86. The summed E-state index contributed by atoms with van der Waals surface area (Å²) in [7, 11) is 0. The van der Waals surface area contributed by atoms with Crippen LogP contribution in [0.1, 0.15) is 19.0 Å². The van der Waals surface area contributed by atoms with E-state index in [2.05, 4.69) is 27.9 Å². The van der Waals surface area contributed by atoms with Gasteiger partial charge in [-0.3, -0.25) is 0 Å². The number of aromatic nitrogens is 1. The predicted octanol–water partition coefficient (Wildman–Crippen LogP) is 4.74. The summed E-state index contributed by atoms with van der Waals surface area (Å²) in [5.74, 6) is 0. The second kappa shape index (κ2) is 7.84. The SMILES string of the molecule is CCCNCCc1csc(Nc2cccc(Cl)c2Cl)n1. The summed E-state index contributed by atoms with van der Waals surface area (Å²) >= 11 is 13.7. The Morgan fingerprint density at radius 2 is 2.10 bits per heavy atom. The number of hydrogen-bond acceptors (Lipinski definition) is 4. The first-order valence-electron chi connectivity index (χ1n) is 6.57. The molecule has 0 aliphatic heterocycles. The molecule has 1 heterocycles. The normalized spacial score (nSPS) is 10.8. The number of benzene rings is 1. The fourth-order valence-electron chi connectivity index (χ4n) is 1.71. The quantitative estimate of drug-likeness (QED) is 0.720. The molecule has 108 valence electrons. The Morgan fingerprint density at radius 1 is 1.25 bits per heavy atom. The standard InChI is InChI=1S/C14H17Cl2N3S/c1-2-7-17-8-6-10-9-20-14(18-10)19-12-5-3-4-11(15)13(12)16/h3-5,9,17H,2,6-8H2,1H3,(H,18,19). The van der Waals surface area contributed by atoms with E-state index in [1.807, 2.05) is 12.1 Å². The van der Waals surface area contributed by atoms with Gasteiger partial charge in [0.15, 0.2) is 5.13 Å². The Hall–Kier alpha value is -0.810. The second-order valence-electron chi connectivity index (χ2n) is 4.37. The Labute approximate surface area is 133 Å². The van der Waals surface area contributed by atoms with Crippen LogP contribution in [0.4, 0.5) is 10.8 Å². The molecule has 0 atom stereocenters. The van der Waals surface area contributed by atoms with Gasteiger partial charge in [0.1, 0.15) is 0 Å². The zero-order valence-electron chi connectivity index (χ0n) is 11.2. The molecule has 0 aliphatic rings. The molecule has 3 nitrogen and oxygen atoms in total. The van der Waals surface area contributed by atoms with Crippen molar-refractivity contribution in [2.24, 2.45) is 0 Å². The van der Waals surface area contributed by atoms with E-state index >= 15 is 0 Å². The first-order chi connectivity index (χ1) is 9.70. The lowest BCUT2D eigenvalue weighted by atomic mass is 10.3. The molecular formula is C14H17Cl2N3S. The van der Waals surface area contributed by atoms with Gasteiger partial charge in [-0.15, -0.1) is 11.3 Å². The summed E-state index contributed by atoms with van der Waals surface area (Å²) in [4.78, 5) is 4.54. The van der Waals surface area contributed by atoms with Crippen LogP contribution in [0, 0.1) is 0 Å². The molecule has 0 fully saturated rings. The minimum atomic E-state index is 0.524. The van der Waals surface area contributed by atoms with Crippen molar-refractivity contribution in [3.05, 3.63) is 39.3 Å². The van der Waals surface area contributed by atoms with Gasteiger partial charge in [0.2, 0.25) is 0 Å². The lowest BCUT2D eigenvalue weighted by molar-refractivity contribution is 0.667. The summed E-state index contributed by atoms with van der Waals surface area (Å²) in [6.45, 7) is 4.16. The molecule has 0 aliphatic carbocycles.